The Kier molecular flexibility index (Phi) is 3.09. The van der Waals surface area contributed by atoms with E-state index in [9.17, 15) is 9.59 Å². The van der Waals surface area contributed by atoms with Gasteiger partial charge in [0, 0.05) is 36.1 Å². The second-order valence-corrected chi connectivity index (χ2v) is 6.67. The van der Waals surface area contributed by atoms with Gasteiger partial charge in [-0.2, -0.15) is 0 Å². The van der Waals surface area contributed by atoms with Crippen LogP contribution in [0.5, 0.6) is 5.75 Å². The molecule has 1 aromatic heterocycles. The molecular weight excluding hydrogens is 330 g/mol. The predicted molar refractivity (Wildman–Crippen MR) is 97.2 cm³/mol. The molecule has 0 saturated heterocycles. The van der Waals surface area contributed by atoms with Gasteiger partial charge < -0.3 is 15.0 Å². The zero-order chi connectivity index (χ0) is 17.8. The number of rotatable bonds is 1. The number of amides is 2. The first-order chi connectivity index (χ1) is 12.6. The molecule has 0 radical (unpaired) electrons. The SMILES string of the molecule is CC(=O)Nc1ccc2c(c1)OC1c3[nH]c4ccccc4c3CCN1C2=O. The fourth-order valence-electron chi connectivity index (χ4n) is 3.89. The minimum absolute atomic E-state index is 0.0464. The molecule has 2 aliphatic rings. The van der Waals surface area contributed by atoms with Gasteiger partial charge in [-0.1, -0.05) is 18.2 Å². The van der Waals surface area contributed by atoms with E-state index in [4.69, 9.17) is 4.74 Å². The van der Waals surface area contributed by atoms with Crippen molar-refractivity contribution in [3.8, 4) is 5.75 Å². The topological polar surface area (TPSA) is 74.4 Å². The van der Waals surface area contributed by atoms with Crippen molar-refractivity contribution in [3.05, 3.63) is 59.3 Å². The standard InChI is InChI=1S/C20H17N3O3/c1-11(24)21-12-6-7-15-17(10-12)26-20-18-14(8-9-23(20)19(15)25)13-4-2-3-5-16(13)22-18/h2-7,10,20,22H,8-9H2,1H3,(H,21,24). The van der Waals surface area contributed by atoms with Crippen molar-refractivity contribution >= 4 is 28.4 Å². The van der Waals surface area contributed by atoms with Crippen molar-refractivity contribution in [3.63, 3.8) is 0 Å². The Morgan fingerprint density at radius 3 is 2.96 bits per heavy atom. The normalized spacial score (nSPS) is 18.0. The third kappa shape index (κ3) is 2.12. The molecule has 3 aromatic rings. The molecule has 130 valence electrons. The molecule has 5 rings (SSSR count). The lowest BCUT2D eigenvalue weighted by Gasteiger charge is -2.39. The molecule has 1 atom stereocenters. The molecule has 0 saturated carbocycles. The van der Waals surface area contributed by atoms with Crippen LogP contribution in [0.15, 0.2) is 42.5 Å². The summed E-state index contributed by atoms with van der Waals surface area (Å²) in [6.45, 7) is 2.07. The van der Waals surface area contributed by atoms with E-state index in [1.165, 1.54) is 17.9 Å². The molecule has 2 N–H and O–H groups in total. The van der Waals surface area contributed by atoms with E-state index in [1.54, 1.807) is 23.1 Å². The molecule has 2 aliphatic heterocycles. The maximum Gasteiger partial charge on any atom is 0.260 e. The maximum atomic E-state index is 13.0. The lowest BCUT2D eigenvalue weighted by molar-refractivity contribution is -0.114. The Balaban J connectivity index is 1.60. The smallest absolute Gasteiger partial charge is 0.260 e. The molecule has 1 unspecified atom stereocenters. The third-order valence-electron chi connectivity index (χ3n) is 5.01. The highest BCUT2D eigenvalue weighted by Gasteiger charge is 2.40. The quantitative estimate of drug-likeness (QED) is 0.710. The Labute approximate surface area is 149 Å². The summed E-state index contributed by atoms with van der Waals surface area (Å²) in [4.78, 5) is 29.4. The number of ether oxygens (including phenoxy) is 1. The molecule has 0 bridgehead atoms. The van der Waals surface area contributed by atoms with Gasteiger partial charge in [-0.05, 0) is 30.2 Å². The van der Waals surface area contributed by atoms with Crippen LogP contribution in [0.3, 0.4) is 0 Å². The van der Waals surface area contributed by atoms with Gasteiger partial charge in [-0.25, -0.2) is 0 Å². The van der Waals surface area contributed by atoms with Gasteiger partial charge in [-0.15, -0.1) is 0 Å². The second kappa shape index (κ2) is 5.36. The molecule has 6 heteroatoms. The average Bonchev–Trinajstić information content (AvgIpc) is 3.00. The number of carbonyl (C=O) groups excluding carboxylic acids is 2. The fraction of sp³-hybridized carbons (Fsp3) is 0.200. The first kappa shape index (κ1) is 15.0. The van der Waals surface area contributed by atoms with Crippen LogP contribution in [0.1, 0.15) is 34.8 Å². The van der Waals surface area contributed by atoms with Crippen molar-refractivity contribution in [2.75, 3.05) is 11.9 Å². The van der Waals surface area contributed by atoms with Crippen LogP contribution < -0.4 is 10.1 Å². The van der Waals surface area contributed by atoms with Crippen LogP contribution in [0.25, 0.3) is 10.9 Å². The summed E-state index contributed by atoms with van der Waals surface area (Å²) in [6, 6.07) is 13.3. The summed E-state index contributed by atoms with van der Waals surface area (Å²) < 4.78 is 6.21. The first-order valence-electron chi connectivity index (χ1n) is 8.60. The highest BCUT2D eigenvalue weighted by Crippen LogP contribution is 2.41. The van der Waals surface area contributed by atoms with Gasteiger partial charge in [0.1, 0.15) is 5.75 Å². The molecule has 0 fully saturated rings. The van der Waals surface area contributed by atoms with Crippen molar-refractivity contribution in [1.29, 1.82) is 0 Å². The van der Waals surface area contributed by atoms with Gasteiger partial charge in [0.25, 0.3) is 5.91 Å². The summed E-state index contributed by atoms with van der Waals surface area (Å²) >= 11 is 0. The lowest BCUT2D eigenvalue weighted by atomic mass is 9.99. The van der Waals surface area contributed by atoms with Crippen molar-refractivity contribution in [2.24, 2.45) is 0 Å². The van der Waals surface area contributed by atoms with Gasteiger partial charge in [0.2, 0.25) is 12.1 Å². The van der Waals surface area contributed by atoms with Gasteiger partial charge in [0.05, 0.1) is 11.3 Å². The number of nitrogens with one attached hydrogen (secondary N) is 2. The molecule has 0 aliphatic carbocycles. The Hall–Kier alpha value is -3.28. The second-order valence-electron chi connectivity index (χ2n) is 6.67. The zero-order valence-electron chi connectivity index (χ0n) is 14.2. The van der Waals surface area contributed by atoms with E-state index >= 15 is 0 Å². The summed E-state index contributed by atoms with van der Waals surface area (Å²) in [7, 11) is 0. The number of nitrogens with zero attached hydrogens (tertiary/aromatic N) is 1. The largest absolute Gasteiger partial charge is 0.464 e. The van der Waals surface area contributed by atoms with Gasteiger partial charge in [-0.3, -0.25) is 14.5 Å². The van der Waals surface area contributed by atoms with Crippen LogP contribution in [-0.4, -0.2) is 28.2 Å². The summed E-state index contributed by atoms with van der Waals surface area (Å²) in [5, 5.41) is 3.91. The van der Waals surface area contributed by atoms with Crippen molar-refractivity contribution < 1.29 is 14.3 Å². The van der Waals surface area contributed by atoms with Crippen LogP contribution in [0.2, 0.25) is 0 Å². The highest BCUT2D eigenvalue weighted by molar-refractivity contribution is 6.00. The predicted octanol–water partition coefficient (Wildman–Crippen LogP) is 3.22. The number of fused-ring (bicyclic) bond motifs is 6. The number of aromatic amines is 1. The minimum atomic E-state index is -0.473. The summed E-state index contributed by atoms with van der Waals surface area (Å²) in [6.07, 6.45) is 0.322. The molecule has 2 amide bonds. The molecule has 6 nitrogen and oxygen atoms in total. The van der Waals surface area contributed by atoms with Gasteiger partial charge >= 0.3 is 0 Å². The summed E-state index contributed by atoms with van der Waals surface area (Å²) in [5.74, 6) is 0.285. The van der Waals surface area contributed by atoms with Crippen LogP contribution in [0, 0.1) is 0 Å². The number of carbonyl (C=O) groups is 2. The van der Waals surface area contributed by atoms with E-state index in [0.29, 0.717) is 23.5 Å². The van der Waals surface area contributed by atoms with E-state index in [-0.39, 0.29) is 11.8 Å². The van der Waals surface area contributed by atoms with Crippen LogP contribution in [0.4, 0.5) is 5.69 Å². The first-order valence-corrected chi connectivity index (χ1v) is 8.60. The van der Waals surface area contributed by atoms with Crippen LogP contribution >= 0.6 is 0 Å². The molecule has 26 heavy (non-hydrogen) atoms. The molecule has 2 aromatic carbocycles. The van der Waals surface area contributed by atoms with E-state index in [2.05, 4.69) is 16.4 Å². The maximum absolute atomic E-state index is 13.0. The van der Waals surface area contributed by atoms with E-state index in [1.807, 2.05) is 18.2 Å². The number of benzene rings is 2. The summed E-state index contributed by atoms with van der Waals surface area (Å²) in [5.41, 5.74) is 4.32. The fourth-order valence-corrected chi connectivity index (χ4v) is 3.89. The Morgan fingerprint density at radius 2 is 2.12 bits per heavy atom. The third-order valence-corrected chi connectivity index (χ3v) is 5.01. The van der Waals surface area contributed by atoms with Crippen molar-refractivity contribution in [2.45, 2.75) is 19.6 Å². The minimum Gasteiger partial charge on any atom is -0.464 e. The van der Waals surface area contributed by atoms with Gasteiger partial charge in [0.15, 0.2) is 0 Å². The Morgan fingerprint density at radius 1 is 1.27 bits per heavy atom. The van der Waals surface area contributed by atoms with E-state index < -0.39 is 6.23 Å². The lowest BCUT2D eigenvalue weighted by Crippen LogP contribution is -2.45. The van der Waals surface area contributed by atoms with Crippen molar-refractivity contribution in [1.82, 2.24) is 9.88 Å². The number of anilines is 1. The molecule has 0 spiro atoms. The number of hydrogen-bond acceptors (Lipinski definition) is 3. The monoisotopic (exact) mass is 347 g/mol. The number of H-pyrrole nitrogens is 1. The molecular formula is C20H17N3O3. The number of aromatic nitrogens is 1. The van der Waals surface area contributed by atoms with Crippen LogP contribution in [-0.2, 0) is 11.2 Å². The Bertz CT molecular complexity index is 1070. The number of para-hydroxylation sites is 1. The highest BCUT2D eigenvalue weighted by atomic mass is 16.5. The number of hydrogen-bond donors (Lipinski definition) is 2. The molecule has 3 heterocycles. The van der Waals surface area contributed by atoms with E-state index in [0.717, 1.165) is 17.6 Å². The average molecular weight is 347 g/mol. The zero-order valence-corrected chi connectivity index (χ0v) is 14.2.